The minimum atomic E-state index is 0.534. The Labute approximate surface area is 125 Å². The summed E-state index contributed by atoms with van der Waals surface area (Å²) in [5.74, 6) is 1.24. The molecule has 0 radical (unpaired) electrons. The van der Waals surface area contributed by atoms with Gasteiger partial charge >= 0.3 is 0 Å². The number of ether oxygens (including phenoxy) is 1. The standard InChI is InChI=1S/C17H20ClNO/c1-12(2)14-5-4-6-15(10-14)19-11-13-7-8-17(20-3)16(18)9-13/h4-10,12,19H,11H2,1-3H3. The van der Waals surface area contributed by atoms with Gasteiger partial charge in [-0.15, -0.1) is 0 Å². The Morgan fingerprint density at radius 2 is 1.95 bits per heavy atom. The second kappa shape index (κ2) is 6.67. The third-order valence-corrected chi connectivity index (χ3v) is 3.56. The molecule has 1 N–H and O–H groups in total. The molecule has 0 heterocycles. The molecule has 0 atom stereocenters. The molecule has 0 saturated carbocycles. The van der Waals surface area contributed by atoms with Crippen LogP contribution >= 0.6 is 11.6 Å². The lowest BCUT2D eigenvalue weighted by Gasteiger charge is -2.11. The smallest absolute Gasteiger partial charge is 0.137 e. The van der Waals surface area contributed by atoms with E-state index < -0.39 is 0 Å². The van der Waals surface area contributed by atoms with Gasteiger partial charge in [-0.1, -0.05) is 43.6 Å². The van der Waals surface area contributed by atoms with Crippen LogP contribution < -0.4 is 10.1 Å². The van der Waals surface area contributed by atoms with Crippen LogP contribution in [0.1, 0.15) is 30.9 Å². The van der Waals surface area contributed by atoms with Crippen LogP contribution in [0.2, 0.25) is 5.02 Å². The van der Waals surface area contributed by atoms with Gasteiger partial charge in [0.15, 0.2) is 0 Å². The summed E-state index contributed by atoms with van der Waals surface area (Å²) in [5, 5.41) is 4.06. The largest absolute Gasteiger partial charge is 0.495 e. The van der Waals surface area contributed by atoms with Gasteiger partial charge in [-0.25, -0.2) is 0 Å². The molecule has 2 aromatic rings. The number of benzene rings is 2. The molecule has 0 spiro atoms. The molecule has 106 valence electrons. The maximum absolute atomic E-state index is 6.13. The van der Waals surface area contributed by atoms with Crippen molar-refractivity contribution in [2.75, 3.05) is 12.4 Å². The molecular weight excluding hydrogens is 270 g/mol. The molecule has 0 aliphatic rings. The summed E-state index contributed by atoms with van der Waals surface area (Å²) >= 11 is 6.13. The van der Waals surface area contributed by atoms with E-state index in [4.69, 9.17) is 16.3 Å². The Morgan fingerprint density at radius 3 is 2.60 bits per heavy atom. The van der Waals surface area contributed by atoms with E-state index in [1.54, 1.807) is 7.11 Å². The topological polar surface area (TPSA) is 21.3 Å². The van der Waals surface area contributed by atoms with Gasteiger partial charge in [0.05, 0.1) is 12.1 Å². The second-order valence-corrected chi connectivity index (χ2v) is 5.51. The number of anilines is 1. The van der Waals surface area contributed by atoms with Crippen LogP contribution in [-0.4, -0.2) is 7.11 Å². The third-order valence-electron chi connectivity index (χ3n) is 3.27. The average molecular weight is 290 g/mol. The zero-order valence-corrected chi connectivity index (χ0v) is 12.9. The summed E-state index contributed by atoms with van der Waals surface area (Å²) in [5.41, 5.74) is 3.59. The van der Waals surface area contributed by atoms with E-state index >= 15 is 0 Å². The third kappa shape index (κ3) is 3.67. The normalized spacial score (nSPS) is 10.7. The van der Waals surface area contributed by atoms with Crippen molar-refractivity contribution in [3.63, 3.8) is 0 Å². The van der Waals surface area contributed by atoms with Gasteiger partial charge in [0.2, 0.25) is 0 Å². The van der Waals surface area contributed by atoms with Crippen LogP contribution in [0, 0.1) is 0 Å². The molecule has 0 saturated heterocycles. The van der Waals surface area contributed by atoms with Crippen molar-refractivity contribution in [3.8, 4) is 5.75 Å². The summed E-state index contributed by atoms with van der Waals surface area (Å²) in [6, 6.07) is 14.3. The number of halogens is 1. The lowest BCUT2D eigenvalue weighted by molar-refractivity contribution is 0.415. The predicted molar refractivity (Wildman–Crippen MR) is 85.9 cm³/mol. The van der Waals surface area contributed by atoms with Crippen molar-refractivity contribution >= 4 is 17.3 Å². The molecule has 20 heavy (non-hydrogen) atoms. The predicted octanol–water partition coefficient (Wildman–Crippen LogP) is 5.08. The van der Waals surface area contributed by atoms with E-state index in [-0.39, 0.29) is 0 Å². The first-order valence-corrected chi connectivity index (χ1v) is 7.14. The van der Waals surface area contributed by atoms with Gasteiger partial charge in [0, 0.05) is 12.2 Å². The second-order valence-electron chi connectivity index (χ2n) is 5.10. The van der Waals surface area contributed by atoms with Crippen molar-refractivity contribution in [1.82, 2.24) is 0 Å². The van der Waals surface area contributed by atoms with Gasteiger partial charge in [0.1, 0.15) is 5.75 Å². The first-order chi connectivity index (χ1) is 9.60. The van der Waals surface area contributed by atoms with Crippen molar-refractivity contribution in [3.05, 3.63) is 58.6 Å². The Hall–Kier alpha value is -1.67. The number of hydrogen-bond acceptors (Lipinski definition) is 2. The SMILES string of the molecule is COc1ccc(CNc2cccc(C(C)C)c2)cc1Cl. The summed E-state index contributed by atoms with van der Waals surface area (Å²) in [7, 11) is 1.62. The van der Waals surface area contributed by atoms with Crippen molar-refractivity contribution < 1.29 is 4.74 Å². The highest BCUT2D eigenvalue weighted by molar-refractivity contribution is 6.32. The fraction of sp³-hybridized carbons (Fsp3) is 0.294. The molecule has 2 aromatic carbocycles. The van der Waals surface area contributed by atoms with E-state index in [0.717, 1.165) is 17.8 Å². The fourth-order valence-corrected chi connectivity index (χ4v) is 2.31. The van der Waals surface area contributed by atoms with Gasteiger partial charge in [0.25, 0.3) is 0 Å². The van der Waals surface area contributed by atoms with E-state index in [0.29, 0.717) is 16.7 Å². The molecule has 0 aliphatic carbocycles. The molecule has 3 heteroatoms. The summed E-state index contributed by atoms with van der Waals surface area (Å²) in [6.45, 7) is 5.13. The van der Waals surface area contributed by atoms with Crippen molar-refractivity contribution in [2.45, 2.75) is 26.3 Å². The van der Waals surface area contributed by atoms with Crippen molar-refractivity contribution in [2.24, 2.45) is 0 Å². The zero-order chi connectivity index (χ0) is 14.5. The molecule has 2 rings (SSSR count). The van der Waals surface area contributed by atoms with Crippen LogP contribution in [0.4, 0.5) is 5.69 Å². The quantitative estimate of drug-likeness (QED) is 0.828. The average Bonchev–Trinajstić information content (AvgIpc) is 2.45. The van der Waals surface area contributed by atoms with Gasteiger partial charge in [-0.2, -0.15) is 0 Å². The molecule has 0 aliphatic heterocycles. The lowest BCUT2D eigenvalue weighted by Crippen LogP contribution is -2.00. The maximum atomic E-state index is 6.13. The van der Waals surface area contributed by atoms with E-state index in [2.05, 4.69) is 43.4 Å². The number of methoxy groups -OCH3 is 1. The Kier molecular flexibility index (Phi) is 4.91. The maximum Gasteiger partial charge on any atom is 0.137 e. The minimum Gasteiger partial charge on any atom is -0.495 e. The van der Waals surface area contributed by atoms with Gasteiger partial charge < -0.3 is 10.1 Å². The van der Waals surface area contributed by atoms with Crippen LogP contribution in [0.3, 0.4) is 0 Å². The molecular formula is C17H20ClNO. The molecule has 0 amide bonds. The summed E-state index contributed by atoms with van der Waals surface area (Å²) in [4.78, 5) is 0. The highest BCUT2D eigenvalue weighted by Gasteiger charge is 2.03. The molecule has 2 nitrogen and oxygen atoms in total. The fourth-order valence-electron chi connectivity index (χ4n) is 2.03. The van der Waals surface area contributed by atoms with Crippen molar-refractivity contribution in [1.29, 1.82) is 0 Å². The Balaban J connectivity index is 2.05. The van der Waals surface area contributed by atoms with Gasteiger partial charge in [-0.3, -0.25) is 0 Å². The first-order valence-electron chi connectivity index (χ1n) is 6.76. The highest BCUT2D eigenvalue weighted by atomic mass is 35.5. The number of hydrogen-bond donors (Lipinski definition) is 1. The Bertz CT molecular complexity index is 581. The number of rotatable bonds is 5. The lowest BCUT2D eigenvalue weighted by atomic mass is 10.0. The van der Waals surface area contributed by atoms with E-state index in [9.17, 15) is 0 Å². The molecule has 0 aromatic heterocycles. The molecule has 0 unspecified atom stereocenters. The van der Waals surface area contributed by atoms with Crippen LogP contribution in [-0.2, 0) is 6.54 Å². The monoisotopic (exact) mass is 289 g/mol. The van der Waals surface area contributed by atoms with E-state index in [1.165, 1.54) is 5.56 Å². The molecule has 0 fully saturated rings. The molecule has 0 bridgehead atoms. The zero-order valence-electron chi connectivity index (χ0n) is 12.1. The van der Waals surface area contributed by atoms with Crippen LogP contribution in [0.5, 0.6) is 5.75 Å². The minimum absolute atomic E-state index is 0.534. The Morgan fingerprint density at radius 1 is 1.15 bits per heavy atom. The first kappa shape index (κ1) is 14.7. The van der Waals surface area contributed by atoms with Crippen LogP contribution in [0.25, 0.3) is 0 Å². The summed E-state index contributed by atoms with van der Waals surface area (Å²) < 4.78 is 5.15. The number of nitrogens with one attached hydrogen (secondary N) is 1. The highest BCUT2D eigenvalue weighted by Crippen LogP contribution is 2.25. The van der Waals surface area contributed by atoms with E-state index in [1.807, 2.05) is 18.2 Å². The van der Waals surface area contributed by atoms with Crippen LogP contribution in [0.15, 0.2) is 42.5 Å². The summed E-state index contributed by atoms with van der Waals surface area (Å²) in [6.07, 6.45) is 0. The van der Waals surface area contributed by atoms with Gasteiger partial charge in [-0.05, 0) is 41.3 Å².